The number of pyridine rings is 2. The van der Waals surface area contributed by atoms with E-state index in [9.17, 15) is 19.5 Å². The van der Waals surface area contributed by atoms with Crippen molar-refractivity contribution in [2.75, 3.05) is 6.61 Å². The van der Waals surface area contributed by atoms with E-state index in [1.807, 2.05) is 26.8 Å². The van der Waals surface area contributed by atoms with Gasteiger partial charge in [-0.2, -0.15) is 0 Å². The molecule has 0 amide bonds. The van der Waals surface area contributed by atoms with Crippen LogP contribution >= 0.6 is 0 Å². The van der Waals surface area contributed by atoms with E-state index in [1.54, 1.807) is 49.7 Å². The van der Waals surface area contributed by atoms with Crippen LogP contribution in [0, 0.1) is 16.7 Å². The number of ether oxygens (including phenoxy) is 3. The minimum atomic E-state index is -1.72. The van der Waals surface area contributed by atoms with E-state index in [0.717, 1.165) is 12.0 Å². The fraction of sp³-hybridized carbons (Fsp3) is 0.406. The Morgan fingerprint density at radius 2 is 1.63 bits per heavy atom. The summed E-state index contributed by atoms with van der Waals surface area (Å²) >= 11 is 0. The number of nitrogens with zero attached hydrogens (tertiary/aromatic N) is 2. The van der Waals surface area contributed by atoms with E-state index in [0.29, 0.717) is 12.0 Å². The molecule has 0 aromatic carbocycles. The largest absolute Gasteiger partial charge is 0.458 e. The summed E-state index contributed by atoms with van der Waals surface area (Å²) < 4.78 is 17.4. The fourth-order valence-corrected chi connectivity index (χ4v) is 6.62. The van der Waals surface area contributed by atoms with Crippen LogP contribution in [0.2, 0.25) is 0 Å². The minimum Gasteiger partial charge on any atom is -0.458 e. The molecule has 9 heteroatoms. The number of esters is 3. The van der Waals surface area contributed by atoms with Gasteiger partial charge < -0.3 is 19.3 Å². The predicted octanol–water partition coefficient (Wildman–Crippen LogP) is 4.40. The number of carbonyl (C=O) groups excluding carboxylic acids is 3. The van der Waals surface area contributed by atoms with Crippen molar-refractivity contribution in [1.82, 2.24) is 9.97 Å². The molecule has 1 saturated carbocycles. The maximum Gasteiger partial charge on any atom is 0.340 e. The molecule has 5 rings (SSSR count). The van der Waals surface area contributed by atoms with Gasteiger partial charge in [-0.05, 0) is 62.4 Å². The molecule has 3 heterocycles. The summed E-state index contributed by atoms with van der Waals surface area (Å²) in [5, 5.41) is 12.5. The number of carbonyl (C=O) groups is 3. The maximum atomic E-state index is 13.5. The quantitative estimate of drug-likeness (QED) is 0.312. The van der Waals surface area contributed by atoms with Crippen molar-refractivity contribution in [3.8, 4) is 0 Å². The lowest BCUT2D eigenvalue weighted by atomic mass is 9.44. The molecule has 0 radical (unpaired) electrons. The van der Waals surface area contributed by atoms with E-state index < -0.39 is 46.5 Å². The third-order valence-corrected chi connectivity index (χ3v) is 9.30. The first kappa shape index (κ1) is 28.4. The van der Waals surface area contributed by atoms with Crippen LogP contribution in [0.15, 0.2) is 84.5 Å². The molecule has 0 bridgehead atoms. The zero-order valence-corrected chi connectivity index (χ0v) is 23.6. The summed E-state index contributed by atoms with van der Waals surface area (Å²) in [6, 6.07) is 6.43. The molecular formula is C32H34N2O7. The number of allylic oxidation sites excluding steroid dienone is 1. The highest BCUT2D eigenvalue weighted by molar-refractivity contribution is 5.90. The Balaban J connectivity index is 1.64. The van der Waals surface area contributed by atoms with Crippen molar-refractivity contribution in [3.05, 3.63) is 95.6 Å². The number of aromatic nitrogens is 2. The number of hydrogen-bond acceptors (Lipinski definition) is 9. The first-order chi connectivity index (χ1) is 19.5. The summed E-state index contributed by atoms with van der Waals surface area (Å²) in [5.41, 5.74) is -1.44. The Kier molecular flexibility index (Phi) is 7.42. The minimum absolute atomic E-state index is 0.138. The lowest BCUT2D eigenvalue weighted by Gasteiger charge is -2.64. The molecule has 0 spiro atoms. The van der Waals surface area contributed by atoms with Gasteiger partial charge in [-0.1, -0.05) is 37.6 Å². The summed E-state index contributed by atoms with van der Waals surface area (Å²) in [7, 11) is 0. The molecule has 41 heavy (non-hydrogen) atoms. The highest BCUT2D eigenvalue weighted by Crippen LogP contribution is 2.63. The number of cyclic esters (lactones) is 1. The monoisotopic (exact) mass is 558 g/mol. The smallest absolute Gasteiger partial charge is 0.340 e. The Morgan fingerprint density at radius 3 is 2.17 bits per heavy atom. The summed E-state index contributed by atoms with van der Waals surface area (Å²) in [4.78, 5) is 46.7. The van der Waals surface area contributed by atoms with Gasteiger partial charge in [0.1, 0.15) is 12.2 Å². The zero-order valence-electron chi connectivity index (χ0n) is 23.6. The fourth-order valence-electron chi connectivity index (χ4n) is 6.62. The van der Waals surface area contributed by atoms with Crippen molar-refractivity contribution in [2.24, 2.45) is 16.7 Å². The van der Waals surface area contributed by atoms with E-state index in [1.165, 1.54) is 18.5 Å². The van der Waals surface area contributed by atoms with Crippen molar-refractivity contribution >= 4 is 17.9 Å². The van der Waals surface area contributed by atoms with Gasteiger partial charge >= 0.3 is 17.9 Å². The van der Waals surface area contributed by atoms with Gasteiger partial charge in [0, 0.05) is 41.7 Å². The second kappa shape index (κ2) is 10.7. The standard InChI is InChI=1S/C32H34N2O7/c1-20-8-5-11-24-30(2,13-12-21-16-25(35)39-19-21)32(4,38)27(41-29(37)23-10-7-15-34-18-23)26(31(20,24)3)40-28(36)22-9-6-14-33-17-22/h6-10,12-18,24,26-27,38H,5,11,19H2,1-4H3/b13-12+/t24?,26-,27-,30+,31-,32-/m0/s1. The molecule has 2 aromatic rings. The normalized spacial score (nSPS) is 32.9. The molecule has 2 aromatic heterocycles. The maximum absolute atomic E-state index is 13.5. The molecule has 2 aliphatic carbocycles. The molecule has 9 nitrogen and oxygen atoms in total. The summed E-state index contributed by atoms with van der Waals surface area (Å²) in [6.45, 7) is 7.65. The van der Waals surface area contributed by atoms with Crippen LogP contribution in [-0.2, 0) is 19.0 Å². The van der Waals surface area contributed by atoms with E-state index in [-0.39, 0.29) is 23.7 Å². The van der Waals surface area contributed by atoms with E-state index in [2.05, 4.69) is 16.0 Å². The van der Waals surface area contributed by atoms with Crippen LogP contribution in [0.3, 0.4) is 0 Å². The van der Waals surface area contributed by atoms with Crippen molar-refractivity contribution in [1.29, 1.82) is 0 Å². The van der Waals surface area contributed by atoms with Crippen LogP contribution in [0.1, 0.15) is 61.3 Å². The highest BCUT2D eigenvalue weighted by Gasteiger charge is 2.69. The van der Waals surface area contributed by atoms with Crippen molar-refractivity contribution in [3.63, 3.8) is 0 Å². The Bertz CT molecular complexity index is 1430. The van der Waals surface area contributed by atoms with Gasteiger partial charge in [0.2, 0.25) is 0 Å². The average Bonchev–Trinajstić information content (AvgIpc) is 3.39. The number of hydrogen-bond donors (Lipinski definition) is 1. The van der Waals surface area contributed by atoms with Crippen LogP contribution in [-0.4, -0.2) is 57.4 Å². The zero-order chi connectivity index (χ0) is 29.4. The third-order valence-electron chi connectivity index (χ3n) is 9.30. The van der Waals surface area contributed by atoms with Crippen LogP contribution < -0.4 is 0 Å². The molecule has 0 saturated heterocycles. The van der Waals surface area contributed by atoms with Crippen LogP contribution in [0.5, 0.6) is 0 Å². The SMILES string of the molecule is CC1=CCCC2[C@@]1(C)[C@@H](OC(=O)c1cccnc1)[C@H](OC(=O)c1cccnc1)[C@](C)(O)[C@]2(C)/C=C/C1=CC(=O)OC1. The lowest BCUT2D eigenvalue weighted by Crippen LogP contribution is -2.72. The highest BCUT2D eigenvalue weighted by atomic mass is 16.6. The van der Waals surface area contributed by atoms with Gasteiger partial charge in [0.15, 0.2) is 12.2 Å². The van der Waals surface area contributed by atoms with Crippen LogP contribution in [0.25, 0.3) is 0 Å². The van der Waals surface area contributed by atoms with Crippen molar-refractivity contribution in [2.45, 2.75) is 58.3 Å². The second-order valence-corrected chi connectivity index (χ2v) is 11.5. The van der Waals surface area contributed by atoms with Crippen LogP contribution in [0.4, 0.5) is 0 Å². The molecule has 214 valence electrons. The second-order valence-electron chi connectivity index (χ2n) is 11.5. The number of rotatable bonds is 6. The Labute approximate surface area is 238 Å². The number of aliphatic hydroxyl groups is 1. The first-order valence-corrected chi connectivity index (χ1v) is 13.7. The molecular weight excluding hydrogens is 524 g/mol. The molecule has 3 aliphatic rings. The van der Waals surface area contributed by atoms with E-state index in [4.69, 9.17) is 14.2 Å². The topological polar surface area (TPSA) is 125 Å². The molecule has 1 N–H and O–H groups in total. The lowest BCUT2D eigenvalue weighted by molar-refractivity contribution is -0.251. The third kappa shape index (κ3) is 4.88. The van der Waals surface area contributed by atoms with Crippen molar-refractivity contribution < 1.29 is 33.7 Å². The van der Waals surface area contributed by atoms with Gasteiger partial charge in [-0.15, -0.1) is 0 Å². The summed E-state index contributed by atoms with van der Waals surface area (Å²) in [5.74, 6) is -1.98. The summed E-state index contributed by atoms with van der Waals surface area (Å²) in [6.07, 6.45) is 12.2. The molecule has 1 unspecified atom stereocenters. The Morgan fingerprint density at radius 1 is 1.02 bits per heavy atom. The molecule has 1 aliphatic heterocycles. The Hall–Kier alpha value is -4.11. The van der Waals surface area contributed by atoms with Gasteiger partial charge in [0.05, 0.1) is 11.1 Å². The predicted molar refractivity (Wildman–Crippen MR) is 148 cm³/mol. The van der Waals surface area contributed by atoms with E-state index >= 15 is 0 Å². The first-order valence-electron chi connectivity index (χ1n) is 13.7. The van der Waals surface area contributed by atoms with Gasteiger partial charge in [-0.25, -0.2) is 14.4 Å². The number of fused-ring (bicyclic) bond motifs is 1. The van der Waals surface area contributed by atoms with Gasteiger partial charge in [-0.3, -0.25) is 9.97 Å². The molecule has 6 atom stereocenters. The van der Waals surface area contributed by atoms with Gasteiger partial charge in [0.25, 0.3) is 0 Å². The molecule has 1 fully saturated rings. The average molecular weight is 559 g/mol.